The summed E-state index contributed by atoms with van der Waals surface area (Å²) < 4.78 is 5.46. The van der Waals surface area contributed by atoms with Crippen LogP contribution in [0.5, 0.6) is 0 Å². The molecular formula is C16H19NO3. The number of rotatable bonds is 4. The van der Waals surface area contributed by atoms with E-state index in [0.717, 1.165) is 22.5 Å². The zero-order valence-corrected chi connectivity index (χ0v) is 12.0. The summed E-state index contributed by atoms with van der Waals surface area (Å²) in [6.45, 7) is 5.87. The Morgan fingerprint density at radius 1 is 1.15 bits per heavy atom. The Bertz CT molecular complexity index is 629. The number of carbonyl (C=O) groups excluding carboxylic acids is 1. The largest absolute Gasteiger partial charge is 0.466 e. The van der Waals surface area contributed by atoms with Crippen molar-refractivity contribution in [1.82, 2.24) is 5.32 Å². The van der Waals surface area contributed by atoms with Gasteiger partial charge in [-0.2, -0.15) is 0 Å². The molecule has 2 rings (SSSR count). The minimum atomic E-state index is -0.149. The van der Waals surface area contributed by atoms with Gasteiger partial charge in [-0.15, -0.1) is 0 Å². The van der Waals surface area contributed by atoms with Crippen LogP contribution in [0.15, 0.2) is 28.7 Å². The van der Waals surface area contributed by atoms with Gasteiger partial charge in [0.05, 0.1) is 12.2 Å². The number of nitrogens with one attached hydrogen (secondary N) is 1. The highest BCUT2D eigenvalue weighted by Crippen LogP contribution is 2.20. The standard InChI is InChI=1S/C16H19NO3/c1-10-11(2)20-12(3)15(10)16(19)17-8-13-6-4-5-7-14(13)9-18/h4-7,18H,8-9H2,1-3H3,(H,17,19). The van der Waals surface area contributed by atoms with E-state index < -0.39 is 0 Å². The molecule has 1 aromatic carbocycles. The lowest BCUT2D eigenvalue weighted by molar-refractivity contribution is 0.0948. The van der Waals surface area contributed by atoms with Gasteiger partial charge < -0.3 is 14.8 Å². The van der Waals surface area contributed by atoms with E-state index in [0.29, 0.717) is 17.9 Å². The van der Waals surface area contributed by atoms with Crippen LogP contribution < -0.4 is 5.32 Å². The number of benzene rings is 1. The second kappa shape index (κ2) is 5.92. The Hall–Kier alpha value is -2.07. The third kappa shape index (κ3) is 2.75. The number of hydrogen-bond acceptors (Lipinski definition) is 3. The third-order valence-corrected chi connectivity index (χ3v) is 3.52. The maximum atomic E-state index is 12.2. The summed E-state index contributed by atoms with van der Waals surface area (Å²) in [5.41, 5.74) is 3.21. The molecule has 0 spiro atoms. The van der Waals surface area contributed by atoms with E-state index in [9.17, 15) is 9.90 Å². The highest BCUT2D eigenvalue weighted by molar-refractivity contribution is 5.96. The smallest absolute Gasteiger partial charge is 0.255 e. The molecule has 0 fully saturated rings. The summed E-state index contributed by atoms with van der Waals surface area (Å²) in [6, 6.07) is 7.50. The summed E-state index contributed by atoms with van der Waals surface area (Å²) in [6.07, 6.45) is 0. The number of amides is 1. The molecule has 1 heterocycles. The Balaban J connectivity index is 2.13. The average Bonchev–Trinajstić information content (AvgIpc) is 2.70. The normalized spacial score (nSPS) is 10.6. The van der Waals surface area contributed by atoms with Gasteiger partial charge in [0.25, 0.3) is 5.91 Å². The van der Waals surface area contributed by atoms with E-state index in [4.69, 9.17) is 4.42 Å². The third-order valence-electron chi connectivity index (χ3n) is 3.52. The highest BCUT2D eigenvalue weighted by atomic mass is 16.3. The SMILES string of the molecule is Cc1oc(C)c(C(=O)NCc2ccccc2CO)c1C. The van der Waals surface area contributed by atoms with E-state index in [1.165, 1.54) is 0 Å². The second-order valence-electron chi connectivity index (χ2n) is 4.82. The first-order valence-corrected chi connectivity index (χ1v) is 6.57. The monoisotopic (exact) mass is 273 g/mol. The topological polar surface area (TPSA) is 62.5 Å². The van der Waals surface area contributed by atoms with Gasteiger partial charge >= 0.3 is 0 Å². The molecule has 2 N–H and O–H groups in total. The predicted octanol–water partition coefficient (Wildman–Crippen LogP) is 2.63. The van der Waals surface area contributed by atoms with Gasteiger partial charge in [0.1, 0.15) is 11.5 Å². The van der Waals surface area contributed by atoms with Crippen LogP contribution in [-0.4, -0.2) is 11.0 Å². The summed E-state index contributed by atoms with van der Waals surface area (Å²) in [5.74, 6) is 1.25. The minimum Gasteiger partial charge on any atom is -0.466 e. The Morgan fingerprint density at radius 2 is 1.80 bits per heavy atom. The number of aryl methyl sites for hydroxylation is 2. The summed E-state index contributed by atoms with van der Waals surface area (Å²) in [7, 11) is 0. The van der Waals surface area contributed by atoms with Crippen LogP contribution in [0.3, 0.4) is 0 Å². The van der Waals surface area contributed by atoms with Crippen LogP contribution in [0.4, 0.5) is 0 Å². The Labute approximate surface area is 118 Å². The molecule has 1 amide bonds. The maximum absolute atomic E-state index is 12.2. The van der Waals surface area contributed by atoms with Gasteiger partial charge in [-0.25, -0.2) is 0 Å². The molecule has 106 valence electrons. The van der Waals surface area contributed by atoms with Gasteiger partial charge in [0.2, 0.25) is 0 Å². The fourth-order valence-electron chi connectivity index (χ4n) is 2.28. The molecule has 0 aliphatic rings. The molecule has 0 aliphatic carbocycles. The predicted molar refractivity (Wildman–Crippen MR) is 76.5 cm³/mol. The molecule has 0 unspecified atom stereocenters. The quantitative estimate of drug-likeness (QED) is 0.900. The molecular weight excluding hydrogens is 254 g/mol. The number of aliphatic hydroxyl groups is 1. The summed E-state index contributed by atoms with van der Waals surface area (Å²) in [5, 5.41) is 12.1. The first-order chi connectivity index (χ1) is 9.54. The van der Waals surface area contributed by atoms with Crippen molar-refractivity contribution >= 4 is 5.91 Å². The number of carbonyl (C=O) groups is 1. The fraction of sp³-hybridized carbons (Fsp3) is 0.312. The van der Waals surface area contributed by atoms with Crippen LogP contribution in [0.1, 0.15) is 38.6 Å². The molecule has 0 radical (unpaired) electrons. The van der Waals surface area contributed by atoms with Crippen molar-refractivity contribution in [3.63, 3.8) is 0 Å². The zero-order valence-electron chi connectivity index (χ0n) is 12.0. The molecule has 0 atom stereocenters. The molecule has 20 heavy (non-hydrogen) atoms. The van der Waals surface area contributed by atoms with Crippen LogP contribution >= 0.6 is 0 Å². The molecule has 4 heteroatoms. The van der Waals surface area contributed by atoms with Crippen LogP contribution in [0.2, 0.25) is 0 Å². The van der Waals surface area contributed by atoms with E-state index in [2.05, 4.69) is 5.32 Å². The Kier molecular flexibility index (Phi) is 4.25. The maximum Gasteiger partial charge on any atom is 0.255 e. The molecule has 0 saturated heterocycles. The first-order valence-electron chi connectivity index (χ1n) is 6.57. The van der Waals surface area contributed by atoms with Gasteiger partial charge in [-0.1, -0.05) is 24.3 Å². The highest BCUT2D eigenvalue weighted by Gasteiger charge is 2.18. The van der Waals surface area contributed by atoms with Crippen LogP contribution in [0.25, 0.3) is 0 Å². The summed E-state index contributed by atoms with van der Waals surface area (Å²) in [4.78, 5) is 12.2. The number of furan rings is 1. The lowest BCUT2D eigenvalue weighted by Gasteiger charge is -2.09. The van der Waals surface area contributed by atoms with E-state index in [-0.39, 0.29) is 12.5 Å². The van der Waals surface area contributed by atoms with Gasteiger partial charge in [-0.05, 0) is 31.9 Å². The zero-order chi connectivity index (χ0) is 14.7. The Morgan fingerprint density at radius 3 is 2.35 bits per heavy atom. The first kappa shape index (κ1) is 14.3. The van der Waals surface area contributed by atoms with Crippen molar-refractivity contribution in [2.45, 2.75) is 33.9 Å². The number of hydrogen-bond donors (Lipinski definition) is 2. The van der Waals surface area contributed by atoms with Gasteiger partial charge in [0, 0.05) is 12.1 Å². The van der Waals surface area contributed by atoms with Crippen molar-refractivity contribution in [3.8, 4) is 0 Å². The van der Waals surface area contributed by atoms with Crippen molar-refractivity contribution in [2.75, 3.05) is 0 Å². The lowest BCUT2D eigenvalue weighted by atomic mass is 10.1. The van der Waals surface area contributed by atoms with Crippen molar-refractivity contribution in [1.29, 1.82) is 0 Å². The molecule has 4 nitrogen and oxygen atoms in total. The average molecular weight is 273 g/mol. The molecule has 0 bridgehead atoms. The second-order valence-corrected chi connectivity index (χ2v) is 4.82. The van der Waals surface area contributed by atoms with E-state index >= 15 is 0 Å². The number of aliphatic hydroxyl groups excluding tert-OH is 1. The van der Waals surface area contributed by atoms with E-state index in [1.807, 2.05) is 38.1 Å². The van der Waals surface area contributed by atoms with Crippen LogP contribution in [-0.2, 0) is 13.2 Å². The van der Waals surface area contributed by atoms with E-state index in [1.54, 1.807) is 6.92 Å². The summed E-state index contributed by atoms with van der Waals surface area (Å²) >= 11 is 0. The molecule has 0 aliphatic heterocycles. The molecule has 2 aromatic rings. The molecule has 1 aromatic heterocycles. The lowest BCUT2D eigenvalue weighted by Crippen LogP contribution is -2.24. The van der Waals surface area contributed by atoms with Crippen molar-refractivity contribution in [3.05, 3.63) is 58.0 Å². The fourth-order valence-corrected chi connectivity index (χ4v) is 2.28. The van der Waals surface area contributed by atoms with Crippen molar-refractivity contribution < 1.29 is 14.3 Å². The van der Waals surface area contributed by atoms with Crippen molar-refractivity contribution in [2.24, 2.45) is 0 Å². The van der Waals surface area contributed by atoms with Crippen LogP contribution in [0, 0.1) is 20.8 Å². The van der Waals surface area contributed by atoms with Gasteiger partial charge in [-0.3, -0.25) is 4.79 Å². The van der Waals surface area contributed by atoms with Gasteiger partial charge in [0.15, 0.2) is 0 Å². The minimum absolute atomic E-state index is 0.0328. The molecule has 0 saturated carbocycles.